The Balaban J connectivity index is 1.74. The number of nitrogens with zero attached hydrogens (tertiary/aromatic N) is 1. The predicted molar refractivity (Wildman–Crippen MR) is 89.1 cm³/mol. The molecule has 0 bridgehead atoms. The lowest BCUT2D eigenvalue weighted by atomic mass is 10.1. The van der Waals surface area contributed by atoms with Gasteiger partial charge >= 0.3 is 0 Å². The van der Waals surface area contributed by atoms with E-state index in [0.717, 1.165) is 37.1 Å². The fraction of sp³-hybridized carbons (Fsp3) is 0.421. The summed E-state index contributed by atoms with van der Waals surface area (Å²) in [6, 6.07) is 14.2. The topological polar surface area (TPSA) is 29.5 Å². The molecular weight excluding hydrogens is 274 g/mol. The molecule has 0 spiro atoms. The maximum absolute atomic E-state index is 12.6. The molecule has 22 heavy (non-hydrogen) atoms. The van der Waals surface area contributed by atoms with Gasteiger partial charge in [0.2, 0.25) is 0 Å². The number of likely N-dealkylation sites (tertiary alicyclic amines) is 1. The second-order valence-electron chi connectivity index (χ2n) is 5.91. The fourth-order valence-corrected chi connectivity index (χ4v) is 3.03. The van der Waals surface area contributed by atoms with E-state index < -0.39 is 0 Å². The molecule has 0 aliphatic carbocycles. The highest BCUT2D eigenvalue weighted by Crippen LogP contribution is 2.23. The normalized spacial score (nSPS) is 16.5. The van der Waals surface area contributed by atoms with Crippen LogP contribution in [0.5, 0.6) is 5.75 Å². The van der Waals surface area contributed by atoms with E-state index >= 15 is 0 Å². The van der Waals surface area contributed by atoms with E-state index in [-0.39, 0.29) is 12.0 Å². The Morgan fingerprint density at radius 2 is 1.82 bits per heavy atom. The molecule has 2 aromatic carbocycles. The highest BCUT2D eigenvalue weighted by atomic mass is 16.5. The van der Waals surface area contributed by atoms with Crippen LogP contribution in [-0.4, -0.2) is 30.0 Å². The van der Waals surface area contributed by atoms with E-state index in [0.29, 0.717) is 6.42 Å². The predicted octanol–water partition coefficient (Wildman–Crippen LogP) is 4.01. The molecule has 0 radical (unpaired) electrons. The van der Waals surface area contributed by atoms with E-state index in [4.69, 9.17) is 4.74 Å². The summed E-state index contributed by atoms with van der Waals surface area (Å²) in [5.74, 6) is 0.909. The zero-order valence-corrected chi connectivity index (χ0v) is 13.1. The molecule has 1 aliphatic heterocycles. The SMILES string of the molecule is CC[C@@H](Oc1ccc2ccccc2c1)C(=O)N1CCCCC1. The maximum atomic E-state index is 12.6. The first-order chi connectivity index (χ1) is 10.8. The van der Waals surface area contributed by atoms with Gasteiger partial charge in [-0.3, -0.25) is 4.79 Å². The number of hydrogen-bond acceptors (Lipinski definition) is 2. The van der Waals surface area contributed by atoms with Crippen molar-refractivity contribution < 1.29 is 9.53 Å². The van der Waals surface area contributed by atoms with Crippen molar-refractivity contribution in [1.82, 2.24) is 4.90 Å². The number of benzene rings is 2. The van der Waals surface area contributed by atoms with Crippen LogP contribution in [0, 0.1) is 0 Å². The molecule has 1 saturated heterocycles. The van der Waals surface area contributed by atoms with Crippen LogP contribution in [0.25, 0.3) is 10.8 Å². The van der Waals surface area contributed by atoms with Gasteiger partial charge < -0.3 is 9.64 Å². The molecule has 1 atom stereocenters. The highest BCUT2D eigenvalue weighted by molar-refractivity contribution is 5.84. The Morgan fingerprint density at radius 3 is 2.55 bits per heavy atom. The Morgan fingerprint density at radius 1 is 1.09 bits per heavy atom. The molecule has 3 heteroatoms. The number of fused-ring (bicyclic) bond motifs is 1. The van der Waals surface area contributed by atoms with Gasteiger partial charge in [0, 0.05) is 13.1 Å². The average Bonchev–Trinajstić information content (AvgIpc) is 2.59. The Kier molecular flexibility index (Phi) is 4.62. The van der Waals surface area contributed by atoms with E-state index in [2.05, 4.69) is 12.1 Å². The van der Waals surface area contributed by atoms with Crippen molar-refractivity contribution in [1.29, 1.82) is 0 Å². The molecule has 0 saturated carbocycles. The van der Waals surface area contributed by atoms with Gasteiger partial charge in [0.15, 0.2) is 6.10 Å². The third-order valence-electron chi connectivity index (χ3n) is 4.31. The second kappa shape index (κ2) is 6.82. The summed E-state index contributed by atoms with van der Waals surface area (Å²) in [5.41, 5.74) is 0. The first-order valence-corrected chi connectivity index (χ1v) is 8.22. The average molecular weight is 297 g/mol. The third-order valence-corrected chi connectivity index (χ3v) is 4.31. The zero-order valence-electron chi connectivity index (χ0n) is 13.1. The molecule has 1 heterocycles. The van der Waals surface area contributed by atoms with Gasteiger partial charge in [-0.15, -0.1) is 0 Å². The molecule has 3 rings (SSSR count). The van der Waals surface area contributed by atoms with E-state index in [1.54, 1.807) is 0 Å². The molecule has 0 unspecified atom stereocenters. The van der Waals surface area contributed by atoms with E-state index in [1.807, 2.05) is 42.2 Å². The van der Waals surface area contributed by atoms with Gasteiger partial charge in [0.1, 0.15) is 5.75 Å². The molecule has 1 aliphatic rings. The summed E-state index contributed by atoms with van der Waals surface area (Å²) in [5, 5.41) is 2.32. The molecule has 1 amide bonds. The number of piperidine rings is 1. The minimum Gasteiger partial charge on any atom is -0.481 e. The monoisotopic (exact) mass is 297 g/mol. The van der Waals surface area contributed by atoms with Gasteiger partial charge in [-0.25, -0.2) is 0 Å². The van der Waals surface area contributed by atoms with Gasteiger partial charge in [-0.2, -0.15) is 0 Å². The number of amides is 1. The smallest absolute Gasteiger partial charge is 0.263 e. The lowest BCUT2D eigenvalue weighted by Crippen LogP contribution is -2.44. The number of hydrogen-bond donors (Lipinski definition) is 0. The molecular formula is C19H23NO2. The molecule has 0 aromatic heterocycles. The van der Waals surface area contributed by atoms with Gasteiger partial charge in [0.05, 0.1) is 0 Å². The molecule has 0 N–H and O–H groups in total. The molecule has 116 valence electrons. The Labute approximate surface area is 131 Å². The first-order valence-electron chi connectivity index (χ1n) is 8.22. The summed E-state index contributed by atoms with van der Waals surface area (Å²) < 4.78 is 6.00. The van der Waals surface area contributed by atoms with Crippen LogP contribution >= 0.6 is 0 Å². The summed E-state index contributed by atoms with van der Waals surface area (Å²) in [4.78, 5) is 14.6. The number of carbonyl (C=O) groups is 1. The fourth-order valence-electron chi connectivity index (χ4n) is 3.03. The van der Waals surface area contributed by atoms with E-state index in [9.17, 15) is 4.79 Å². The van der Waals surface area contributed by atoms with Crippen LogP contribution in [0.4, 0.5) is 0 Å². The number of ether oxygens (including phenoxy) is 1. The van der Waals surface area contributed by atoms with Crippen LogP contribution in [0.15, 0.2) is 42.5 Å². The summed E-state index contributed by atoms with van der Waals surface area (Å²) in [6.07, 6.45) is 3.77. The van der Waals surface area contributed by atoms with Crippen molar-refractivity contribution in [3.63, 3.8) is 0 Å². The van der Waals surface area contributed by atoms with Crippen molar-refractivity contribution in [2.45, 2.75) is 38.7 Å². The lowest BCUT2D eigenvalue weighted by molar-refractivity contribution is -0.139. The summed E-state index contributed by atoms with van der Waals surface area (Å²) in [7, 11) is 0. The Hall–Kier alpha value is -2.03. The van der Waals surface area contributed by atoms with Crippen molar-refractivity contribution in [3.05, 3.63) is 42.5 Å². The number of rotatable bonds is 4. The van der Waals surface area contributed by atoms with Crippen LogP contribution in [0.3, 0.4) is 0 Å². The molecule has 1 fully saturated rings. The van der Waals surface area contributed by atoms with Crippen LogP contribution in [0.1, 0.15) is 32.6 Å². The van der Waals surface area contributed by atoms with Crippen LogP contribution in [-0.2, 0) is 4.79 Å². The first kappa shape index (κ1) is 14.9. The quantitative estimate of drug-likeness (QED) is 0.853. The second-order valence-corrected chi connectivity index (χ2v) is 5.91. The Bertz CT molecular complexity index is 647. The molecule has 2 aromatic rings. The largest absolute Gasteiger partial charge is 0.481 e. The highest BCUT2D eigenvalue weighted by Gasteiger charge is 2.25. The van der Waals surface area contributed by atoms with Gasteiger partial charge in [0.25, 0.3) is 5.91 Å². The van der Waals surface area contributed by atoms with Crippen LogP contribution < -0.4 is 4.74 Å². The lowest BCUT2D eigenvalue weighted by Gasteiger charge is -2.30. The van der Waals surface area contributed by atoms with Crippen molar-refractivity contribution >= 4 is 16.7 Å². The van der Waals surface area contributed by atoms with Gasteiger partial charge in [-0.05, 0) is 48.6 Å². The van der Waals surface area contributed by atoms with Crippen molar-refractivity contribution in [2.24, 2.45) is 0 Å². The van der Waals surface area contributed by atoms with E-state index in [1.165, 1.54) is 11.8 Å². The third kappa shape index (κ3) is 3.24. The van der Waals surface area contributed by atoms with Crippen LogP contribution in [0.2, 0.25) is 0 Å². The standard InChI is InChI=1S/C19H23NO2/c1-2-18(19(21)20-12-6-3-7-13-20)22-17-11-10-15-8-4-5-9-16(15)14-17/h4-5,8-11,14,18H,2-3,6-7,12-13H2,1H3/t18-/m1/s1. The maximum Gasteiger partial charge on any atom is 0.263 e. The summed E-state index contributed by atoms with van der Waals surface area (Å²) in [6.45, 7) is 3.75. The van der Waals surface area contributed by atoms with Crippen molar-refractivity contribution in [3.8, 4) is 5.75 Å². The zero-order chi connectivity index (χ0) is 15.4. The summed E-state index contributed by atoms with van der Waals surface area (Å²) >= 11 is 0. The minimum absolute atomic E-state index is 0.135. The van der Waals surface area contributed by atoms with Crippen molar-refractivity contribution in [2.75, 3.05) is 13.1 Å². The molecule has 3 nitrogen and oxygen atoms in total. The van der Waals surface area contributed by atoms with Gasteiger partial charge in [-0.1, -0.05) is 37.3 Å². The number of carbonyl (C=O) groups excluding carboxylic acids is 1. The minimum atomic E-state index is -0.376.